The molecule has 1 heterocycles. The van der Waals surface area contributed by atoms with Crippen molar-refractivity contribution in [3.8, 4) is 0 Å². The Kier molecular flexibility index (Phi) is 5.24. The summed E-state index contributed by atoms with van der Waals surface area (Å²) < 4.78 is 12.3. The van der Waals surface area contributed by atoms with Crippen LogP contribution < -0.4 is 0 Å². The summed E-state index contributed by atoms with van der Waals surface area (Å²) in [7, 11) is 0. The van der Waals surface area contributed by atoms with E-state index >= 15 is 0 Å². The maximum atomic E-state index is 11.8. The van der Waals surface area contributed by atoms with Gasteiger partial charge in [-0.05, 0) is 73.0 Å². The molecule has 0 unspecified atom stereocenters. The van der Waals surface area contributed by atoms with Crippen LogP contribution in [0.3, 0.4) is 0 Å². The quantitative estimate of drug-likeness (QED) is 0.435. The Hall–Kier alpha value is -0.380. The number of rotatable bonds is 4. The molecular weight excluding hydrogens is 372 g/mol. The van der Waals surface area contributed by atoms with E-state index < -0.39 is 5.60 Å². The van der Waals surface area contributed by atoms with Crippen molar-refractivity contribution in [3.63, 3.8) is 0 Å². The molecule has 30 heavy (non-hydrogen) atoms. The van der Waals surface area contributed by atoms with E-state index in [4.69, 9.17) is 9.47 Å². The van der Waals surface area contributed by atoms with Gasteiger partial charge in [0.15, 0.2) is 5.79 Å². The molecule has 4 aliphatic carbocycles. The van der Waals surface area contributed by atoms with E-state index in [-0.39, 0.29) is 16.6 Å². The van der Waals surface area contributed by atoms with Crippen LogP contribution in [-0.4, -0.2) is 29.7 Å². The maximum Gasteiger partial charge on any atom is 0.172 e. The van der Waals surface area contributed by atoms with Crippen LogP contribution in [0.1, 0.15) is 98.3 Å². The normalized spacial score (nSPS) is 49.4. The third-order valence-electron chi connectivity index (χ3n) is 11.0. The molecule has 1 spiro atoms. The Balaban J connectivity index is 1.41. The van der Waals surface area contributed by atoms with Crippen molar-refractivity contribution in [2.24, 2.45) is 34.5 Å². The van der Waals surface area contributed by atoms with Crippen molar-refractivity contribution >= 4 is 0 Å². The van der Waals surface area contributed by atoms with Crippen LogP contribution >= 0.6 is 0 Å². The summed E-state index contributed by atoms with van der Waals surface area (Å²) >= 11 is 0. The lowest BCUT2D eigenvalue weighted by molar-refractivity contribution is -0.202. The molecule has 0 aromatic carbocycles. The Morgan fingerprint density at radius 1 is 1.07 bits per heavy atom. The molecule has 0 amide bonds. The summed E-state index contributed by atoms with van der Waals surface area (Å²) in [6.07, 6.45) is 15.2. The van der Waals surface area contributed by atoms with Crippen LogP contribution in [0.2, 0.25) is 0 Å². The van der Waals surface area contributed by atoms with Gasteiger partial charge in [0.2, 0.25) is 0 Å². The number of allylic oxidation sites excluding steroid dienone is 1. The molecule has 3 saturated carbocycles. The zero-order valence-electron chi connectivity index (χ0n) is 19.8. The molecule has 4 fully saturated rings. The fraction of sp³-hybridized carbons (Fsp3) is 0.926. The van der Waals surface area contributed by atoms with Crippen molar-refractivity contribution in [2.75, 3.05) is 13.2 Å². The lowest BCUT2D eigenvalue weighted by Crippen LogP contribution is -2.57. The van der Waals surface area contributed by atoms with Gasteiger partial charge in [0.05, 0.1) is 18.8 Å². The van der Waals surface area contributed by atoms with Crippen molar-refractivity contribution < 1.29 is 14.6 Å². The number of ether oxygens (including phenoxy) is 2. The lowest BCUT2D eigenvalue weighted by atomic mass is 9.44. The molecule has 0 bridgehead atoms. The highest BCUT2D eigenvalue weighted by Crippen LogP contribution is 2.69. The van der Waals surface area contributed by atoms with E-state index in [1.165, 1.54) is 44.9 Å². The predicted molar refractivity (Wildman–Crippen MR) is 120 cm³/mol. The summed E-state index contributed by atoms with van der Waals surface area (Å²) in [5, 5.41) is 11.8. The summed E-state index contributed by atoms with van der Waals surface area (Å²) in [5.41, 5.74) is 1.56. The Labute approximate surface area is 184 Å². The number of fused-ring (bicyclic) bond motifs is 5. The van der Waals surface area contributed by atoms with Gasteiger partial charge in [-0.2, -0.15) is 0 Å². The van der Waals surface area contributed by atoms with E-state index in [9.17, 15) is 5.11 Å². The zero-order chi connectivity index (χ0) is 21.2. The molecule has 1 aliphatic heterocycles. The number of aliphatic hydroxyl groups is 1. The van der Waals surface area contributed by atoms with Crippen LogP contribution in [0.5, 0.6) is 0 Å². The van der Waals surface area contributed by atoms with Crippen molar-refractivity contribution in [1.29, 1.82) is 0 Å². The molecule has 170 valence electrons. The van der Waals surface area contributed by atoms with E-state index in [0.29, 0.717) is 11.8 Å². The molecule has 1 N–H and O–H groups in total. The minimum absolute atomic E-state index is 0.112. The van der Waals surface area contributed by atoms with Gasteiger partial charge in [-0.1, -0.05) is 58.6 Å². The second kappa shape index (κ2) is 7.32. The first-order chi connectivity index (χ1) is 14.3. The topological polar surface area (TPSA) is 38.7 Å². The molecule has 3 heteroatoms. The van der Waals surface area contributed by atoms with E-state index in [0.717, 1.165) is 50.7 Å². The molecule has 7 atom stereocenters. The van der Waals surface area contributed by atoms with Gasteiger partial charge in [0.25, 0.3) is 0 Å². The third kappa shape index (κ3) is 2.87. The first kappa shape index (κ1) is 21.5. The van der Waals surface area contributed by atoms with Gasteiger partial charge in [-0.15, -0.1) is 0 Å². The molecule has 0 aromatic rings. The first-order valence-corrected chi connectivity index (χ1v) is 13.0. The summed E-state index contributed by atoms with van der Waals surface area (Å²) in [6, 6.07) is 0. The van der Waals surface area contributed by atoms with E-state index in [2.05, 4.69) is 33.8 Å². The van der Waals surface area contributed by atoms with Gasteiger partial charge >= 0.3 is 0 Å². The fourth-order valence-electron chi connectivity index (χ4n) is 8.99. The van der Waals surface area contributed by atoms with Crippen molar-refractivity contribution in [1.82, 2.24) is 0 Å². The minimum atomic E-state index is -0.434. The highest BCUT2D eigenvalue weighted by Gasteiger charge is 2.65. The molecule has 3 nitrogen and oxygen atoms in total. The average Bonchev–Trinajstić information content (AvgIpc) is 3.26. The molecule has 5 aliphatic rings. The predicted octanol–water partition coefficient (Wildman–Crippen LogP) is 6.25. The number of unbranched alkanes of at least 4 members (excludes halogenated alkanes) is 2. The second-order valence-electron chi connectivity index (χ2n) is 12.0. The van der Waals surface area contributed by atoms with Gasteiger partial charge < -0.3 is 14.6 Å². The van der Waals surface area contributed by atoms with Gasteiger partial charge in [-0.25, -0.2) is 0 Å². The monoisotopic (exact) mass is 416 g/mol. The van der Waals surface area contributed by atoms with E-state index in [1.54, 1.807) is 5.57 Å². The Morgan fingerprint density at radius 2 is 1.80 bits per heavy atom. The van der Waals surface area contributed by atoms with Crippen LogP contribution in [0.15, 0.2) is 11.6 Å². The summed E-state index contributed by atoms with van der Waals surface area (Å²) in [5.74, 6) is 2.41. The number of hydrogen-bond donors (Lipinski definition) is 1. The largest absolute Gasteiger partial charge is 0.389 e. The SMILES string of the molecule is CCCCC[C@]1(O)CC[C@H]2[C@@H]3CC=C4CC5(C[C@H](C)[C@]4(C)[C@H]3CC[C@@]21C)OCCO5. The lowest BCUT2D eigenvalue weighted by Gasteiger charge is -2.61. The van der Waals surface area contributed by atoms with Crippen molar-refractivity contribution in [3.05, 3.63) is 11.6 Å². The first-order valence-electron chi connectivity index (χ1n) is 13.0. The Morgan fingerprint density at radius 3 is 2.53 bits per heavy atom. The summed E-state index contributed by atoms with van der Waals surface area (Å²) in [6.45, 7) is 11.2. The van der Waals surface area contributed by atoms with Crippen LogP contribution in [-0.2, 0) is 9.47 Å². The fourth-order valence-corrected chi connectivity index (χ4v) is 8.99. The number of hydrogen-bond acceptors (Lipinski definition) is 3. The standard InChI is InChI=1S/C27H44O3/c1-5-6-7-12-26(28)14-11-22-21-9-8-20-18-27(29-15-16-30-27)17-19(2)25(20,4)23(21)10-13-24(22,26)3/h8,19,21-23,28H,5-7,9-18H2,1-4H3/t19-,21-,22-,23-,24-,25-,26-/m0/s1. The van der Waals surface area contributed by atoms with Crippen LogP contribution in [0, 0.1) is 34.5 Å². The van der Waals surface area contributed by atoms with Gasteiger partial charge in [0.1, 0.15) is 0 Å². The van der Waals surface area contributed by atoms with Gasteiger partial charge in [0, 0.05) is 12.8 Å². The van der Waals surface area contributed by atoms with Crippen LogP contribution in [0.4, 0.5) is 0 Å². The van der Waals surface area contributed by atoms with Crippen molar-refractivity contribution in [2.45, 2.75) is 110 Å². The smallest absolute Gasteiger partial charge is 0.172 e. The van der Waals surface area contributed by atoms with Crippen LogP contribution in [0.25, 0.3) is 0 Å². The maximum absolute atomic E-state index is 11.8. The highest BCUT2D eigenvalue weighted by molar-refractivity contribution is 5.28. The van der Waals surface area contributed by atoms with Gasteiger partial charge in [-0.3, -0.25) is 0 Å². The average molecular weight is 417 g/mol. The molecule has 1 saturated heterocycles. The molecule has 5 rings (SSSR count). The molecule has 0 aromatic heterocycles. The Bertz CT molecular complexity index is 694. The second-order valence-corrected chi connectivity index (χ2v) is 12.0. The molecule has 0 radical (unpaired) electrons. The zero-order valence-corrected chi connectivity index (χ0v) is 19.8. The minimum Gasteiger partial charge on any atom is -0.389 e. The third-order valence-corrected chi connectivity index (χ3v) is 11.0. The van der Waals surface area contributed by atoms with E-state index in [1.807, 2.05) is 0 Å². The highest BCUT2D eigenvalue weighted by atomic mass is 16.7. The molecular formula is C27H44O3. The summed E-state index contributed by atoms with van der Waals surface area (Å²) in [4.78, 5) is 0.